The quantitative estimate of drug-likeness (QED) is 0.816. The van der Waals surface area contributed by atoms with Gasteiger partial charge in [0, 0.05) is 0 Å². The molecule has 0 saturated carbocycles. The molecule has 2 heterocycles. The van der Waals surface area contributed by atoms with Gasteiger partial charge in [0.25, 0.3) is 0 Å². The lowest BCUT2D eigenvalue weighted by Crippen LogP contribution is -2.37. The minimum Gasteiger partial charge on any atom is -0.388 e. The molecule has 2 aliphatic rings. The minimum atomic E-state index is -1.03. The summed E-state index contributed by atoms with van der Waals surface area (Å²) >= 11 is 5.77. The molecule has 0 amide bonds. The minimum absolute atomic E-state index is 0.0527. The Kier molecular flexibility index (Phi) is 3.49. The molecule has 4 atom stereocenters. The Labute approximate surface area is 114 Å². The van der Waals surface area contributed by atoms with Crippen LogP contribution in [-0.2, 0) is 15.9 Å². The SMILES string of the molecule is OC1COC(C2OCCc3c2ccc(Cl)c3F)C1O. The molecule has 0 spiro atoms. The highest BCUT2D eigenvalue weighted by molar-refractivity contribution is 6.30. The molecule has 2 N–H and O–H groups in total. The van der Waals surface area contributed by atoms with Gasteiger partial charge in [-0.25, -0.2) is 4.39 Å². The van der Waals surface area contributed by atoms with E-state index in [1.165, 1.54) is 6.07 Å². The molecule has 1 aromatic rings. The smallest absolute Gasteiger partial charge is 0.145 e. The zero-order chi connectivity index (χ0) is 13.6. The van der Waals surface area contributed by atoms with Gasteiger partial charge in [0.05, 0.1) is 18.2 Å². The Bertz CT molecular complexity index is 496. The largest absolute Gasteiger partial charge is 0.388 e. The van der Waals surface area contributed by atoms with E-state index >= 15 is 0 Å². The molecule has 3 rings (SSSR count). The van der Waals surface area contributed by atoms with Crippen molar-refractivity contribution in [2.45, 2.75) is 30.8 Å². The predicted molar refractivity (Wildman–Crippen MR) is 65.6 cm³/mol. The van der Waals surface area contributed by atoms with Crippen LogP contribution in [0, 0.1) is 5.82 Å². The van der Waals surface area contributed by atoms with Crippen molar-refractivity contribution in [3.8, 4) is 0 Å². The fourth-order valence-electron chi connectivity index (χ4n) is 2.67. The number of aliphatic hydroxyl groups excluding tert-OH is 2. The van der Waals surface area contributed by atoms with Crippen molar-refractivity contribution in [3.05, 3.63) is 34.1 Å². The van der Waals surface area contributed by atoms with Crippen LogP contribution in [0.1, 0.15) is 17.2 Å². The molecule has 1 aromatic carbocycles. The molecule has 6 heteroatoms. The van der Waals surface area contributed by atoms with Crippen LogP contribution in [0.3, 0.4) is 0 Å². The van der Waals surface area contributed by atoms with Crippen LogP contribution in [0.2, 0.25) is 5.02 Å². The third-order valence-corrected chi connectivity index (χ3v) is 3.97. The van der Waals surface area contributed by atoms with E-state index in [0.717, 1.165) is 0 Å². The third kappa shape index (κ3) is 2.15. The van der Waals surface area contributed by atoms with E-state index in [9.17, 15) is 14.6 Å². The fourth-order valence-corrected chi connectivity index (χ4v) is 2.85. The zero-order valence-corrected chi connectivity index (χ0v) is 10.8. The number of benzene rings is 1. The molecule has 19 heavy (non-hydrogen) atoms. The first-order valence-electron chi connectivity index (χ1n) is 6.15. The van der Waals surface area contributed by atoms with Gasteiger partial charge < -0.3 is 19.7 Å². The van der Waals surface area contributed by atoms with Gasteiger partial charge in [0.15, 0.2) is 0 Å². The van der Waals surface area contributed by atoms with Crippen LogP contribution >= 0.6 is 11.6 Å². The van der Waals surface area contributed by atoms with Crippen molar-refractivity contribution in [3.63, 3.8) is 0 Å². The highest BCUT2D eigenvalue weighted by atomic mass is 35.5. The second kappa shape index (κ2) is 5.00. The van der Waals surface area contributed by atoms with Crippen LogP contribution in [0.25, 0.3) is 0 Å². The number of hydrogen-bond donors (Lipinski definition) is 2. The maximum Gasteiger partial charge on any atom is 0.145 e. The molecular weight excluding hydrogens is 275 g/mol. The van der Waals surface area contributed by atoms with Crippen LogP contribution < -0.4 is 0 Å². The summed E-state index contributed by atoms with van der Waals surface area (Å²) in [4.78, 5) is 0. The second-order valence-electron chi connectivity index (χ2n) is 4.83. The Balaban J connectivity index is 1.97. The molecule has 2 aliphatic heterocycles. The van der Waals surface area contributed by atoms with Crippen molar-refractivity contribution < 1.29 is 24.1 Å². The second-order valence-corrected chi connectivity index (χ2v) is 5.23. The van der Waals surface area contributed by atoms with Gasteiger partial charge in [0.1, 0.15) is 30.2 Å². The number of rotatable bonds is 1. The number of fused-ring (bicyclic) bond motifs is 1. The lowest BCUT2D eigenvalue weighted by atomic mass is 9.91. The summed E-state index contributed by atoms with van der Waals surface area (Å²) in [5.41, 5.74) is 1.13. The van der Waals surface area contributed by atoms with Crippen LogP contribution in [0.15, 0.2) is 12.1 Å². The van der Waals surface area contributed by atoms with Gasteiger partial charge in [-0.2, -0.15) is 0 Å². The fraction of sp³-hybridized carbons (Fsp3) is 0.538. The molecule has 104 valence electrons. The first-order valence-corrected chi connectivity index (χ1v) is 6.53. The molecule has 0 bridgehead atoms. The average molecular weight is 289 g/mol. The Morgan fingerprint density at radius 1 is 1.26 bits per heavy atom. The Morgan fingerprint density at radius 3 is 2.74 bits per heavy atom. The number of aliphatic hydroxyl groups is 2. The van der Waals surface area contributed by atoms with Crippen LogP contribution in [-0.4, -0.2) is 41.7 Å². The lowest BCUT2D eigenvalue weighted by Gasteiger charge is -2.31. The number of ether oxygens (including phenoxy) is 2. The van der Waals surface area contributed by atoms with E-state index < -0.39 is 30.2 Å². The summed E-state index contributed by atoms with van der Waals surface area (Å²) in [6.45, 7) is 0.384. The summed E-state index contributed by atoms with van der Waals surface area (Å²) in [6.07, 6.45) is -2.80. The van der Waals surface area contributed by atoms with E-state index in [-0.39, 0.29) is 11.6 Å². The first-order chi connectivity index (χ1) is 9.09. The molecule has 1 saturated heterocycles. The van der Waals surface area contributed by atoms with Gasteiger partial charge in [-0.1, -0.05) is 17.7 Å². The number of halogens is 2. The Morgan fingerprint density at radius 2 is 2.05 bits per heavy atom. The number of hydrogen-bond acceptors (Lipinski definition) is 4. The highest BCUT2D eigenvalue weighted by Gasteiger charge is 2.43. The van der Waals surface area contributed by atoms with Gasteiger partial charge in [-0.3, -0.25) is 0 Å². The summed E-state index contributed by atoms with van der Waals surface area (Å²) in [7, 11) is 0. The standard InChI is InChI=1S/C13H14ClFO4/c14-8-2-1-7-6(10(8)15)3-4-18-12(7)13-11(17)9(16)5-19-13/h1-2,9,11-13,16-17H,3-5H2. The first kappa shape index (κ1) is 13.3. The van der Waals surface area contributed by atoms with Crippen molar-refractivity contribution in [2.24, 2.45) is 0 Å². The molecule has 0 aromatic heterocycles. The average Bonchev–Trinajstić information content (AvgIpc) is 2.74. The summed E-state index contributed by atoms with van der Waals surface area (Å²) < 4.78 is 24.9. The van der Waals surface area contributed by atoms with Crippen LogP contribution in [0.4, 0.5) is 4.39 Å². The molecule has 4 nitrogen and oxygen atoms in total. The Hall–Kier alpha value is -0.720. The van der Waals surface area contributed by atoms with E-state index in [1.54, 1.807) is 6.07 Å². The van der Waals surface area contributed by atoms with Gasteiger partial charge in [-0.15, -0.1) is 0 Å². The molecule has 0 aliphatic carbocycles. The summed E-state index contributed by atoms with van der Waals surface area (Å²) in [6, 6.07) is 3.15. The highest BCUT2D eigenvalue weighted by Crippen LogP contribution is 2.37. The third-order valence-electron chi connectivity index (χ3n) is 3.68. The normalized spacial score (nSPS) is 34.3. The molecule has 0 radical (unpaired) electrons. The maximum absolute atomic E-state index is 14.0. The van der Waals surface area contributed by atoms with E-state index in [0.29, 0.717) is 24.2 Å². The van der Waals surface area contributed by atoms with E-state index in [2.05, 4.69) is 0 Å². The van der Waals surface area contributed by atoms with E-state index in [4.69, 9.17) is 21.1 Å². The topological polar surface area (TPSA) is 58.9 Å². The lowest BCUT2D eigenvalue weighted by molar-refractivity contribution is -0.0905. The van der Waals surface area contributed by atoms with Crippen molar-refractivity contribution in [1.29, 1.82) is 0 Å². The molecule has 4 unspecified atom stereocenters. The predicted octanol–water partition coefficient (Wildman–Crippen LogP) is 1.21. The summed E-state index contributed by atoms with van der Waals surface area (Å²) in [5.74, 6) is -0.444. The van der Waals surface area contributed by atoms with Gasteiger partial charge >= 0.3 is 0 Å². The monoisotopic (exact) mass is 288 g/mol. The van der Waals surface area contributed by atoms with Crippen molar-refractivity contribution in [2.75, 3.05) is 13.2 Å². The maximum atomic E-state index is 14.0. The summed E-state index contributed by atoms with van der Waals surface area (Å²) in [5, 5.41) is 19.5. The zero-order valence-electron chi connectivity index (χ0n) is 10.1. The molecular formula is C13H14ClFO4. The van der Waals surface area contributed by atoms with E-state index in [1.807, 2.05) is 0 Å². The van der Waals surface area contributed by atoms with Gasteiger partial charge in [0.2, 0.25) is 0 Å². The molecule has 1 fully saturated rings. The van der Waals surface area contributed by atoms with Crippen molar-refractivity contribution >= 4 is 11.6 Å². The van der Waals surface area contributed by atoms with Crippen LogP contribution in [0.5, 0.6) is 0 Å². The van der Waals surface area contributed by atoms with Gasteiger partial charge in [-0.05, 0) is 23.6 Å². The van der Waals surface area contributed by atoms with Crippen molar-refractivity contribution in [1.82, 2.24) is 0 Å².